The molecule has 1 aliphatic rings. The van der Waals surface area contributed by atoms with Crippen molar-refractivity contribution in [3.05, 3.63) is 90.7 Å². The van der Waals surface area contributed by atoms with Crippen molar-refractivity contribution in [1.29, 1.82) is 0 Å². The number of imide groups is 1. The van der Waals surface area contributed by atoms with Gasteiger partial charge in [-0.25, -0.2) is 0 Å². The van der Waals surface area contributed by atoms with Gasteiger partial charge in [-0.15, -0.1) is 0 Å². The number of halogens is 2. The van der Waals surface area contributed by atoms with Crippen LogP contribution in [0.3, 0.4) is 0 Å². The second kappa shape index (κ2) is 12.9. The van der Waals surface area contributed by atoms with Crippen LogP contribution >= 0.6 is 39.3 Å². The van der Waals surface area contributed by atoms with Crippen LogP contribution in [0.2, 0.25) is 5.02 Å². The molecule has 208 valence electrons. The van der Waals surface area contributed by atoms with E-state index in [0.717, 1.165) is 38.9 Å². The summed E-state index contributed by atoms with van der Waals surface area (Å²) >= 11 is 10.3. The molecule has 0 aliphatic carbocycles. The van der Waals surface area contributed by atoms with Gasteiger partial charge in [-0.1, -0.05) is 41.4 Å². The normalized spacial score (nSPS) is 14.2. The summed E-state index contributed by atoms with van der Waals surface area (Å²) < 4.78 is 12.5. The van der Waals surface area contributed by atoms with Gasteiger partial charge in [0.25, 0.3) is 11.1 Å². The number of carbonyl (C=O) groups excluding carboxylic acids is 3. The van der Waals surface area contributed by atoms with Crippen LogP contribution in [0.25, 0.3) is 6.08 Å². The average Bonchev–Trinajstić information content (AvgIpc) is 3.14. The van der Waals surface area contributed by atoms with Gasteiger partial charge in [0.2, 0.25) is 5.91 Å². The molecule has 3 amide bonds. The summed E-state index contributed by atoms with van der Waals surface area (Å²) in [5.41, 5.74) is 5.17. The topological polar surface area (TPSA) is 84.9 Å². The van der Waals surface area contributed by atoms with Crippen molar-refractivity contribution in [3.63, 3.8) is 0 Å². The van der Waals surface area contributed by atoms with E-state index in [1.54, 1.807) is 30.3 Å². The fourth-order valence-corrected chi connectivity index (χ4v) is 5.84. The number of nitrogens with one attached hydrogen (secondary N) is 1. The van der Waals surface area contributed by atoms with Crippen LogP contribution in [0.1, 0.15) is 34.7 Å². The Morgan fingerprint density at radius 2 is 1.73 bits per heavy atom. The van der Waals surface area contributed by atoms with Gasteiger partial charge in [0.1, 0.15) is 13.2 Å². The molecule has 3 aromatic rings. The summed E-state index contributed by atoms with van der Waals surface area (Å²) in [6.45, 7) is 7.98. The minimum absolute atomic E-state index is 0.213. The lowest BCUT2D eigenvalue weighted by molar-refractivity contribution is -0.127. The number of benzene rings is 3. The van der Waals surface area contributed by atoms with E-state index in [1.807, 2.05) is 52.0 Å². The van der Waals surface area contributed by atoms with Crippen LogP contribution in [-0.4, -0.2) is 35.1 Å². The SMILES string of the molecule is CCOc1cc(/C=C2/SC(=O)N(CC(=O)Nc3c(C)cc(C)cc3C)C2=O)cc(Br)c1OCc1ccc(Cl)cc1. The Hall–Kier alpha value is -3.27. The molecule has 1 fully saturated rings. The number of hydrogen-bond acceptors (Lipinski definition) is 6. The standard InChI is InChI=1S/C30H28BrClN2O5S/c1-5-38-24-13-21(12-23(31)28(24)39-16-20-6-8-22(32)9-7-20)14-25-29(36)34(30(37)40-25)15-26(35)33-27-18(3)10-17(2)11-19(27)4/h6-14H,5,15-16H2,1-4H3,(H,33,35)/b25-14+. The van der Waals surface area contributed by atoms with Gasteiger partial charge in [-0.3, -0.25) is 19.3 Å². The smallest absolute Gasteiger partial charge is 0.294 e. The highest BCUT2D eigenvalue weighted by atomic mass is 79.9. The van der Waals surface area contributed by atoms with Gasteiger partial charge in [0.05, 0.1) is 16.0 Å². The van der Waals surface area contributed by atoms with Gasteiger partial charge in [0, 0.05) is 10.7 Å². The first-order chi connectivity index (χ1) is 19.0. The molecule has 10 heteroatoms. The maximum Gasteiger partial charge on any atom is 0.294 e. The van der Waals surface area contributed by atoms with Crippen molar-refractivity contribution >= 4 is 68.1 Å². The zero-order chi connectivity index (χ0) is 29.0. The van der Waals surface area contributed by atoms with Crippen molar-refractivity contribution in [1.82, 2.24) is 4.90 Å². The van der Waals surface area contributed by atoms with E-state index in [-0.39, 0.29) is 11.4 Å². The second-order valence-electron chi connectivity index (χ2n) is 9.27. The van der Waals surface area contributed by atoms with Gasteiger partial charge in [0.15, 0.2) is 11.5 Å². The van der Waals surface area contributed by atoms with Crippen molar-refractivity contribution in [2.24, 2.45) is 0 Å². The van der Waals surface area contributed by atoms with E-state index < -0.39 is 17.1 Å². The lowest BCUT2D eigenvalue weighted by Crippen LogP contribution is -2.36. The number of ether oxygens (including phenoxy) is 2. The average molecular weight is 644 g/mol. The molecule has 1 N–H and O–H groups in total. The van der Waals surface area contributed by atoms with Crippen LogP contribution in [0, 0.1) is 20.8 Å². The molecule has 0 unspecified atom stereocenters. The van der Waals surface area contributed by atoms with Gasteiger partial charge in [-0.2, -0.15) is 0 Å². The Morgan fingerprint density at radius 3 is 2.38 bits per heavy atom. The van der Waals surface area contributed by atoms with Crippen molar-refractivity contribution in [2.45, 2.75) is 34.3 Å². The number of rotatable bonds is 9. The zero-order valence-corrected chi connectivity index (χ0v) is 25.6. The molecule has 0 radical (unpaired) electrons. The quantitative estimate of drug-likeness (QED) is 0.241. The molecule has 3 aromatic carbocycles. The summed E-state index contributed by atoms with van der Waals surface area (Å²) in [5, 5.41) is 2.98. The number of amides is 3. The molecular weight excluding hydrogens is 616 g/mol. The third-order valence-electron chi connectivity index (χ3n) is 6.04. The summed E-state index contributed by atoms with van der Waals surface area (Å²) in [6.07, 6.45) is 1.60. The number of anilines is 1. The van der Waals surface area contributed by atoms with Crippen LogP contribution in [-0.2, 0) is 16.2 Å². The molecule has 1 saturated heterocycles. The molecule has 7 nitrogen and oxygen atoms in total. The first kappa shape index (κ1) is 29.7. The van der Waals surface area contributed by atoms with Crippen LogP contribution in [0.5, 0.6) is 11.5 Å². The first-order valence-corrected chi connectivity index (χ1v) is 14.5. The Kier molecular flexibility index (Phi) is 9.60. The molecule has 4 rings (SSSR count). The van der Waals surface area contributed by atoms with Crippen LogP contribution < -0.4 is 14.8 Å². The predicted molar refractivity (Wildman–Crippen MR) is 163 cm³/mol. The van der Waals surface area contributed by atoms with E-state index in [0.29, 0.717) is 45.5 Å². The monoisotopic (exact) mass is 642 g/mol. The summed E-state index contributed by atoms with van der Waals surface area (Å²) in [5.74, 6) is 0.0294. The maximum atomic E-state index is 13.1. The molecule has 1 heterocycles. The summed E-state index contributed by atoms with van der Waals surface area (Å²) in [4.78, 5) is 39.7. The highest BCUT2D eigenvalue weighted by molar-refractivity contribution is 9.10. The molecule has 0 bridgehead atoms. The van der Waals surface area contributed by atoms with E-state index >= 15 is 0 Å². The molecular formula is C30H28BrClN2O5S. The first-order valence-electron chi connectivity index (χ1n) is 12.5. The molecule has 1 aliphatic heterocycles. The fraction of sp³-hybridized carbons (Fsp3) is 0.233. The molecule has 40 heavy (non-hydrogen) atoms. The highest BCUT2D eigenvalue weighted by Crippen LogP contribution is 2.40. The predicted octanol–water partition coefficient (Wildman–Crippen LogP) is 7.68. The third-order valence-corrected chi connectivity index (χ3v) is 7.79. The van der Waals surface area contributed by atoms with Crippen LogP contribution in [0.4, 0.5) is 10.5 Å². The van der Waals surface area contributed by atoms with Gasteiger partial charge in [-0.05, 0) is 108 Å². The Bertz CT molecular complexity index is 1480. The molecule has 0 saturated carbocycles. The zero-order valence-electron chi connectivity index (χ0n) is 22.5. The highest BCUT2D eigenvalue weighted by Gasteiger charge is 2.36. The van der Waals surface area contributed by atoms with Crippen molar-refractivity contribution in [3.8, 4) is 11.5 Å². The lowest BCUT2D eigenvalue weighted by atomic mass is 10.1. The van der Waals surface area contributed by atoms with E-state index in [4.69, 9.17) is 21.1 Å². The summed E-state index contributed by atoms with van der Waals surface area (Å²) in [6, 6.07) is 14.8. The number of carbonyl (C=O) groups is 3. The molecule has 0 spiro atoms. The minimum Gasteiger partial charge on any atom is -0.490 e. The fourth-order valence-electron chi connectivity index (χ4n) is 4.30. The van der Waals surface area contributed by atoms with Gasteiger partial charge < -0.3 is 14.8 Å². The van der Waals surface area contributed by atoms with Crippen LogP contribution in [0.15, 0.2) is 57.9 Å². The van der Waals surface area contributed by atoms with Gasteiger partial charge >= 0.3 is 0 Å². The van der Waals surface area contributed by atoms with E-state index in [1.165, 1.54) is 0 Å². The lowest BCUT2D eigenvalue weighted by Gasteiger charge is -2.16. The molecule has 0 aromatic heterocycles. The van der Waals surface area contributed by atoms with E-state index in [2.05, 4.69) is 21.2 Å². The third kappa shape index (κ3) is 7.08. The number of hydrogen-bond donors (Lipinski definition) is 1. The Balaban J connectivity index is 1.49. The minimum atomic E-state index is -0.528. The van der Waals surface area contributed by atoms with Crippen molar-refractivity contribution in [2.75, 3.05) is 18.5 Å². The van der Waals surface area contributed by atoms with E-state index in [9.17, 15) is 14.4 Å². The maximum absolute atomic E-state index is 13.1. The number of thioether (sulfide) groups is 1. The Labute approximate surface area is 251 Å². The second-order valence-corrected chi connectivity index (χ2v) is 11.6. The Morgan fingerprint density at radius 1 is 1.05 bits per heavy atom. The summed E-state index contributed by atoms with van der Waals surface area (Å²) in [7, 11) is 0. The van der Waals surface area contributed by atoms with Crippen molar-refractivity contribution < 1.29 is 23.9 Å². The number of aryl methyl sites for hydroxylation is 3. The number of nitrogens with zero attached hydrogens (tertiary/aromatic N) is 1. The largest absolute Gasteiger partial charge is 0.490 e. The molecule has 0 atom stereocenters.